The van der Waals surface area contributed by atoms with Crippen molar-refractivity contribution in [2.45, 2.75) is 65.3 Å². The Labute approximate surface area is 135 Å². The second-order valence-corrected chi connectivity index (χ2v) is 13.6. The van der Waals surface area contributed by atoms with Crippen LogP contribution < -0.4 is 0 Å². The third-order valence-corrected chi connectivity index (χ3v) is 10.4. The second kappa shape index (κ2) is 8.59. The minimum absolute atomic E-state index is 0.0342. The van der Waals surface area contributed by atoms with Gasteiger partial charge in [0.25, 0.3) is 0 Å². The number of hydrogen-bond donors (Lipinski definition) is 1. The molecule has 0 fully saturated rings. The van der Waals surface area contributed by atoms with Crippen LogP contribution in [0.5, 0.6) is 0 Å². The van der Waals surface area contributed by atoms with E-state index >= 15 is 0 Å². The molecule has 0 aromatic rings. The summed E-state index contributed by atoms with van der Waals surface area (Å²) in [6, 6.07) is 0. The lowest BCUT2D eigenvalue weighted by Crippen LogP contribution is -2.45. The fourth-order valence-electron chi connectivity index (χ4n) is 1.72. The number of aliphatic carboxylic acids is 1. The maximum atomic E-state index is 12.6. The third kappa shape index (κ3) is 7.37. The van der Waals surface area contributed by atoms with E-state index in [9.17, 15) is 9.36 Å². The lowest BCUT2D eigenvalue weighted by atomic mass is 10.2. The summed E-state index contributed by atoms with van der Waals surface area (Å²) in [5.41, 5.74) is 0. The van der Waals surface area contributed by atoms with Crippen molar-refractivity contribution < 1.29 is 27.9 Å². The zero-order valence-electron chi connectivity index (χ0n) is 14.8. The Balaban J connectivity index is 5.21. The summed E-state index contributed by atoms with van der Waals surface area (Å²) < 4.78 is 29.3. The molecule has 0 aliphatic heterocycles. The molecule has 0 saturated carbocycles. The van der Waals surface area contributed by atoms with Crippen LogP contribution in [0.2, 0.25) is 18.1 Å². The molecule has 0 unspecified atom stereocenters. The Morgan fingerprint density at radius 2 is 1.64 bits per heavy atom. The third-order valence-electron chi connectivity index (χ3n) is 3.75. The molecule has 0 aliphatic carbocycles. The monoisotopic (exact) mass is 354 g/mol. The molecule has 6 nitrogen and oxygen atoms in total. The molecule has 0 aromatic heterocycles. The molecule has 0 aromatic carbocycles. The summed E-state index contributed by atoms with van der Waals surface area (Å²) in [4.78, 5) is 11.1. The van der Waals surface area contributed by atoms with Crippen molar-refractivity contribution >= 4 is 21.9 Å². The molecular weight excluding hydrogens is 323 g/mol. The van der Waals surface area contributed by atoms with Crippen LogP contribution in [0.1, 0.15) is 41.0 Å². The molecule has 8 heteroatoms. The van der Waals surface area contributed by atoms with E-state index in [4.69, 9.17) is 18.6 Å². The van der Waals surface area contributed by atoms with E-state index in [1.807, 2.05) is 13.1 Å². The Morgan fingerprint density at radius 1 is 1.18 bits per heavy atom. The van der Waals surface area contributed by atoms with E-state index in [1.165, 1.54) is 0 Å². The fraction of sp³-hybridized carbons (Fsp3) is 0.929. The summed E-state index contributed by atoms with van der Waals surface area (Å²) >= 11 is 0. The van der Waals surface area contributed by atoms with Crippen LogP contribution in [-0.4, -0.2) is 44.9 Å². The minimum atomic E-state index is -3.34. The summed E-state index contributed by atoms with van der Waals surface area (Å²) in [7, 11) is -5.51. The highest BCUT2D eigenvalue weighted by molar-refractivity contribution is 7.53. The van der Waals surface area contributed by atoms with Crippen LogP contribution in [0.4, 0.5) is 0 Å². The Hall–Kier alpha value is -0.203. The molecule has 1 N–H and O–H groups in total. The molecule has 0 bridgehead atoms. The van der Waals surface area contributed by atoms with Gasteiger partial charge >= 0.3 is 13.6 Å². The van der Waals surface area contributed by atoms with Crippen LogP contribution in [0, 0.1) is 0 Å². The SMILES string of the molecule is CCOP(=O)(C[C@@H](CC(=O)O)O[Si](C)(C)C(C)(C)C)OCC. The maximum Gasteiger partial charge on any atom is 0.333 e. The van der Waals surface area contributed by atoms with Crippen molar-refractivity contribution in [3.63, 3.8) is 0 Å². The molecular formula is C14H31O6PSi. The predicted octanol–water partition coefficient (Wildman–Crippen LogP) is 4.12. The first-order valence-corrected chi connectivity index (χ1v) is 12.3. The van der Waals surface area contributed by atoms with Crippen LogP contribution in [0.15, 0.2) is 0 Å². The Bertz CT molecular complexity index is 395. The predicted molar refractivity (Wildman–Crippen MR) is 90.0 cm³/mol. The maximum absolute atomic E-state index is 12.6. The number of carbonyl (C=O) groups is 1. The molecule has 132 valence electrons. The highest BCUT2D eigenvalue weighted by Crippen LogP contribution is 2.50. The van der Waals surface area contributed by atoms with Gasteiger partial charge in [-0.15, -0.1) is 0 Å². The summed E-state index contributed by atoms with van der Waals surface area (Å²) in [6.07, 6.45) is -0.924. The lowest BCUT2D eigenvalue weighted by molar-refractivity contribution is -0.138. The van der Waals surface area contributed by atoms with Gasteiger partial charge < -0.3 is 18.6 Å². The first-order chi connectivity index (χ1) is 9.87. The Morgan fingerprint density at radius 3 is 1.95 bits per heavy atom. The molecule has 0 amide bonds. The van der Waals surface area contributed by atoms with Crippen molar-refractivity contribution in [1.82, 2.24) is 0 Å². The first kappa shape index (κ1) is 21.8. The van der Waals surface area contributed by atoms with Gasteiger partial charge in [0.1, 0.15) is 0 Å². The minimum Gasteiger partial charge on any atom is -0.481 e. The van der Waals surface area contributed by atoms with Crippen molar-refractivity contribution in [3.8, 4) is 0 Å². The van der Waals surface area contributed by atoms with Gasteiger partial charge in [0.2, 0.25) is 0 Å². The highest BCUT2D eigenvalue weighted by atomic mass is 31.2. The van der Waals surface area contributed by atoms with Gasteiger partial charge in [-0.3, -0.25) is 9.36 Å². The highest BCUT2D eigenvalue weighted by Gasteiger charge is 2.41. The smallest absolute Gasteiger partial charge is 0.333 e. The lowest BCUT2D eigenvalue weighted by Gasteiger charge is -2.39. The van der Waals surface area contributed by atoms with Crippen LogP contribution in [-0.2, 0) is 22.8 Å². The van der Waals surface area contributed by atoms with Gasteiger partial charge in [-0.25, -0.2) is 0 Å². The van der Waals surface area contributed by atoms with Crippen LogP contribution in [0.3, 0.4) is 0 Å². The van der Waals surface area contributed by atoms with Gasteiger partial charge in [-0.2, -0.15) is 0 Å². The first-order valence-electron chi connectivity index (χ1n) is 7.64. The zero-order chi connectivity index (χ0) is 17.6. The molecule has 0 rings (SSSR count). The van der Waals surface area contributed by atoms with Crippen molar-refractivity contribution in [1.29, 1.82) is 0 Å². The van der Waals surface area contributed by atoms with E-state index in [0.717, 1.165) is 0 Å². The standard InChI is InChI=1S/C14H31O6PSi/c1-8-18-21(17,19-9-2)11-12(10-13(15)16)20-22(6,7)14(3,4)5/h12H,8-11H2,1-7H3,(H,15,16)/t12-/m1/s1. The number of rotatable bonds is 10. The quantitative estimate of drug-likeness (QED) is 0.469. The topological polar surface area (TPSA) is 82.1 Å². The molecule has 1 atom stereocenters. The molecule has 0 radical (unpaired) electrons. The summed E-state index contributed by atoms with van der Waals surface area (Å²) in [5.74, 6) is -0.983. The van der Waals surface area contributed by atoms with E-state index in [-0.39, 0.29) is 30.8 Å². The van der Waals surface area contributed by atoms with E-state index < -0.39 is 28.0 Å². The van der Waals surface area contributed by atoms with E-state index in [0.29, 0.717) is 0 Å². The number of carboxylic acid groups (broad SMARTS) is 1. The second-order valence-electron chi connectivity index (χ2n) is 6.73. The number of hydrogen-bond acceptors (Lipinski definition) is 5. The van der Waals surface area contributed by atoms with Gasteiger partial charge in [0.15, 0.2) is 8.32 Å². The molecule has 0 saturated heterocycles. The fourth-order valence-corrected chi connectivity index (χ4v) is 4.99. The van der Waals surface area contributed by atoms with E-state index in [1.54, 1.807) is 13.8 Å². The van der Waals surface area contributed by atoms with Crippen molar-refractivity contribution in [2.75, 3.05) is 19.4 Å². The normalized spacial score (nSPS) is 14.9. The average molecular weight is 354 g/mol. The van der Waals surface area contributed by atoms with Crippen molar-refractivity contribution in [2.24, 2.45) is 0 Å². The van der Waals surface area contributed by atoms with E-state index in [2.05, 4.69) is 20.8 Å². The zero-order valence-corrected chi connectivity index (χ0v) is 16.7. The van der Waals surface area contributed by atoms with Crippen molar-refractivity contribution in [3.05, 3.63) is 0 Å². The van der Waals surface area contributed by atoms with Gasteiger partial charge in [-0.05, 0) is 32.0 Å². The molecule has 22 heavy (non-hydrogen) atoms. The summed E-state index contributed by atoms with van der Waals surface area (Å²) in [5, 5.41) is 9.04. The van der Waals surface area contributed by atoms with Crippen LogP contribution in [0.25, 0.3) is 0 Å². The van der Waals surface area contributed by atoms with Gasteiger partial charge in [0.05, 0.1) is 31.9 Å². The number of carboxylic acids is 1. The molecule has 0 heterocycles. The van der Waals surface area contributed by atoms with Crippen LogP contribution >= 0.6 is 7.60 Å². The van der Waals surface area contributed by atoms with Gasteiger partial charge in [0, 0.05) is 0 Å². The molecule has 0 spiro atoms. The molecule has 0 aliphatic rings. The summed E-state index contributed by atoms with van der Waals surface area (Å²) in [6.45, 7) is 14.2. The average Bonchev–Trinajstić information content (AvgIpc) is 2.25. The Kier molecular flexibility index (Phi) is 8.51. The van der Waals surface area contributed by atoms with Gasteiger partial charge in [-0.1, -0.05) is 20.8 Å². The largest absolute Gasteiger partial charge is 0.481 e.